The summed E-state index contributed by atoms with van der Waals surface area (Å²) in [6.45, 7) is 2.98. The Bertz CT molecular complexity index is 301. The van der Waals surface area contributed by atoms with Gasteiger partial charge >= 0.3 is 0 Å². The van der Waals surface area contributed by atoms with Crippen molar-refractivity contribution >= 4 is 17.2 Å². The van der Waals surface area contributed by atoms with E-state index >= 15 is 0 Å². The summed E-state index contributed by atoms with van der Waals surface area (Å²) in [6.07, 6.45) is 1.40. The highest BCUT2D eigenvalue weighted by atomic mass is 32.1. The fourth-order valence-electron chi connectivity index (χ4n) is 1.37. The van der Waals surface area contributed by atoms with Gasteiger partial charge in [0, 0.05) is 38.0 Å². The Morgan fingerprint density at radius 2 is 2.29 bits per heavy atom. The van der Waals surface area contributed by atoms with Crippen LogP contribution in [0.25, 0.3) is 0 Å². The van der Waals surface area contributed by atoms with Crippen LogP contribution in [0.15, 0.2) is 17.5 Å². The summed E-state index contributed by atoms with van der Waals surface area (Å²) in [5.74, 6) is 0.118. The molecule has 0 aliphatic heterocycles. The highest BCUT2D eigenvalue weighted by Crippen LogP contribution is 2.10. The lowest BCUT2D eigenvalue weighted by atomic mass is 10.2. The quantitative estimate of drug-likeness (QED) is 0.649. The molecule has 0 aromatic carbocycles. The van der Waals surface area contributed by atoms with E-state index in [1.54, 1.807) is 18.4 Å². The van der Waals surface area contributed by atoms with Crippen LogP contribution in [0.1, 0.15) is 11.3 Å². The third kappa shape index (κ3) is 7.10. The van der Waals surface area contributed by atoms with Gasteiger partial charge < -0.3 is 15.4 Å². The zero-order valence-electron chi connectivity index (χ0n) is 10.2. The van der Waals surface area contributed by atoms with Gasteiger partial charge in [0.1, 0.15) is 0 Å². The predicted octanol–water partition coefficient (Wildman–Crippen LogP) is 1.03. The third-order valence-corrected chi connectivity index (χ3v) is 3.22. The second-order valence-corrected chi connectivity index (χ2v) is 4.70. The third-order valence-electron chi connectivity index (χ3n) is 2.29. The number of amides is 1. The Morgan fingerprint density at radius 3 is 3.00 bits per heavy atom. The number of hydrogen-bond acceptors (Lipinski definition) is 4. The molecule has 2 N–H and O–H groups in total. The second kappa shape index (κ2) is 9.15. The Kier molecular flexibility index (Phi) is 7.62. The van der Waals surface area contributed by atoms with Gasteiger partial charge in [0.05, 0.1) is 6.61 Å². The highest BCUT2D eigenvalue weighted by molar-refractivity contribution is 7.09. The molecule has 0 bridgehead atoms. The molecule has 0 spiro atoms. The topological polar surface area (TPSA) is 50.4 Å². The van der Waals surface area contributed by atoms with Crippen molar-refractivity contribution in [2.24, 2.45) is 0 Å². The molecule has 0 unspecified atom stereocenters. The number of carbonyl (C=O) groups excluding carboxylic acids is 1. The van der Waals surface area contributed by atoms with Crippen molar-refractivity contribution < 1.29 is 9.53 Å². The average Bonchev–Trinajstić information content (AvgIpc) is 2.84. The first-order valence-electron chi connectivity index (χ1n) is 5.81. The molecule has 0 radical (unpaired) electrons. The SMILES string of the molecule is COCCNCCNC(=O)CCc1cccs1. The molecule has 5 heteroatoms. The molecular weight excluding hydrogens is 236 g/mol. The van der Waals surface area contributed by atoms with Gasteiger partial charge in [-0.15, -0.1) is 11.3 Å². The van der Waals surface area contributed by atoms with Crippen molar-refractivity contribution in [1.82, 2.24) is 10.6 Å². The van der Waals surface area contributed by atoms with E-state index in [1.807, 2.05) is 11.4 Å². The monoisotopic (exact) mass is 256 g/mol. The molecule has 0 saturated carbocycles. The maximum Gasteiger partial charge on any atom is 0.220 e. The van der Waals surface area contributed by atoms with E-state index in [-0.39, 0.29) is 5.91 Å². The van der Waals surface area contributed by atoms with E-state index in [9.17, 15) is 4.79 Å². The van der Waals surface area contributed by atoms with Gasteiger partial charge in [0.2, 0.25) is 5.91 Å². The molecule has 1 amide bonds. The largest absolute Gasteiger partial charge is 0.383 e. The summed E-state index contributed by atoms with van der Waals surface area (Å²) in [5.41, 5.74) is 0. The molecule has 0 fully saturated rings. The lowest BCUT2D eigenvalue weighted by Gasteiger charge is -2.06. The molecule has 1 aromatic heterocycles. The van der Waals surface area contributed by atoms with Gasteiger partial charge in [-0.1, -0.05) is 6.07 Å². The van der Waals surface area contributed by atoms with Crippen LogP contribution in [0, 0.1) is 0 Å². The number of rotatable bonds is 9. The van der Waals surface area contributed by atoms with E-state index < -0.39 is 0 Å². The first-order valence-corrected chi connectivity index (χ1v) is 6.69. The summed E-state index contributed by atoms with van der Waals surface area (Å²) >= 11 is 1.70. The zero-order valence-corrected chi connectivity index (χ0v) is 11.0. The van der Waals surface area contributed by atoms with Crippen LogP contribution in [-0.2, 0) is 16.0 Å². The van der Waals surface area contributed by atoms with Crippen molar-refractivity contribution in [1.29, 1.82) is 0 Å². The number of nitrogens with one attached hydrogen (secondary N) is 2. The summed E-state index contributed by atoms with van der Waals surface area (Å²) in [5, 5.41) is 8.09. The van der Waals surface area contributed by atoms with Crippen LogP contribution < -0.4 is 10.6 Å². The van der Waals surface area contributed by atoms with Crippen LogP contribution in [0.3, 0.4) is 0 Å². The molecule has 1 heterocycles. The fourth-order valence-corrected chi connectivity index (χ4v) is 2.08. The normalized spacial score (nSPS) is 10.4. The molecule has 0 aliphatic carbocycles. The maximum absolute atomic E-state index is 11.5. The Morgan fingerprint density at radius 1 is 1.41 bits per heavy atom. The van der Waals surface area contributed by atoms with Crippen LogP contribution >= 0.6 is 11.3 Å². The number of thiophene rings is 1. The van der Waals surface area contributed by atoms with E-state index in [1.165, 1.54) is 4.88 Å². The van der Waals surface area contributed by atoms with E-state index in [0.717, 1.165) is 19.5 Å². The number of carbonyl (C=O) groups is 1. The van der Waals surface area contributed by atoms with Crippen LogP contribution in [0.4, 0.5) is 0 Å². The summed E-state index contributed by atoms with van der Waals surface area (Å²) in [4.78, 5) is 12.7. The maximum atomic E-state index is 11.5. The minimum atomic E-state index is 0.118. The lowest BCUT2D eigenvalue weighted by molar-refractivity contribution is -0.121. The highest BCUT2D eigenvalue weighted by Gasteiger charge is 2.01. The minimum absolute atomic E-state index is 0.118. The molecule has 17 heavy (non-hydrogen) atoms. The van der Waals surface area contributed by atoms with Crippen LogP contribution in [0.5, 0.6) is 0 Å². The molecule has 0 saturated heterocycles. The van der Waals surface area contributed by atoms with E-state index in [0.29, 0.717) is 19.6 Å². The lowest BCUT2D eigenvalue weighted by Crippen LogP contribution is -2.33. The first-order chi connectivity index (χ1) is 8.33. The Hall–Kier alpha value is -0.910. The van der Waals surface area contributed by atoms with Crippen molar-refractivity contribution in [2.45, 2.75) is 12.8 Å². The van der Waals surface area contributed by atoms with Crippen molar-refractivity contribution in [3.63, 3.8) is 0 Å². The number of hydrogen-bond donors (Lipinski definition) is 2. The summed E-state index contributed by atoms with van der Waals surface area (Å²) in [7, 11) is 1.67. The fraction of sp³-hybridized carbons (Fsp3) is 0.583. The summed E-state index contributed by atoms with van der Waals surface area (Å²) in [6, 6.07) is 4.07. The standard InChI is InChI=1S/C12H20N2O2S/c1-16-9-8-13-6-7-14-12(15)5-4-11-3-2-10-17-11/h2-3,10,13H,4-9H2,1H3,(H,14,15). The Labute approximate surface area is 106 Å². The molecule has 0 aliphatic rings. The molecule has 1 aromatic rings. The average molecular weight is 256 g/mol. The molecule has 96 valence electrons. The second-order valence-electron chi connectivity index (χ2n) is 3.67. The number of ether oxygens (including phenoxy) is 1. The molecular formula is C12H20N2O2S. The van der Waals surface area contributed by atoms with Crippen LogP contribution in [-0.4, -0.2) is 39.3 Å². The number of aryl methyl sites for hydroxylation is 1. The van der Waals surface area contributed by atoms with E-state index in [4.69, 9.17) is 4.74 Å². The van der Waals surface area contributed by atoms with Crippen molar-refractivity contribution in [3.8, 4) is 0 Å². The summed E-state index contributed by atoms with van der Waals surface area (Å²) < 4.78 is 4.90. The molecule has 0 atom stereocenters. The van der Waals surface area contributed by atoms with Gasteiger partial charge in [-0.2, -0.15) is 0 Å². The van der Waals surface area contributed by atoms with Gasteiger partial charge in [0.25, 0.3) is 0 Å². The van der Waals surface area contributed by atoms with Gasteiger partial charge in [-0.25, -0.2) is 0 Å². The van der Waals surface area contributed by atoms with Gasteiger partial charge in [-0.3, -0.25) is 4.79 Å². The number of methoxy groups -OCH3 is 1. The van der Waals surface area contributed by atoms with Crippen LogP contribution in [0.2, 0.25) is 0 Å². The predicted molar refractivity (Wildman–Crippen MR) is 70.4 cm³/mol. The molecule has 4 nitrogen and oxygen atoms in total. The van der Waals surface area contributed by atoms with Gasteiger partial charge in [-0.05, 0) is 17.9 Å². The Balaban J connectivity index is 1.94. The minimum Gasteiger partial charge on any atom is -0.383 e. The van der Waals surface area contributed by atoms with Crippen molar-refractivity contribution in [2.75, 3.05) is 33.4 Å². The van der Waals surface area contributed by atoms with E-state index in [2.05, 4.69) is 16.7 Å². The van der Waals surface area contributed by atoms with Crippen molar-refractivity contribution in [3.05, 3.63) is 22.4 Å². The smallest absolute Gasteiger partial charge is 0.220 e. The zero-order chi connectivity index (χ0) is 12.3. The first kappa shape index (κ1) is 14.2. The van der Waals surface area contributed by atoms with Gasteiger partial charge in [0.15, 0.2) is 0 Å². The molecule has 1 rings (SSSR count).